The van der Waals surface area contributed by atoms with Crippen LogP contribution in [0.3, 0.4) is 0 Å². The number of hydrogen-bond acceptors (Lipinski definition) is 4. The molecule has 2 aromatic rings. The zero-order chi connectivity index (χ0) is 19.8. The first kappa shape index (κ1) is 18.6. The molecule has 7 heteroatoms. The molecule has 28 heavy (non-hydrogen) atoms. The summed E-state index contributed by atoms with van der Waals surface area (Å²) in [7, 11) is 1.77. The van der Waals surface area contributed by atoms with E-state index in [2.05, 4.69) is 0 Å². The molecular formula is C21H21ClN2O4. The molecule has 0 aliphatic carbocycles. The molecule has 146 valence electrons. The van der Waals surface area contributed by atoms with Gasteiger partial charge < -0.3 is 19.3 Å². The van der Waals surface area contributed by atoms with Gasteiger partial charge in [0.05, 0.1) is 12.0 Å². The van der Waals surface area contributed by atoms with Crippen molar-refractivity contribution in [3.8, 4) is 11.5 Å². The van der Waals surface area contributed by atoms with Gasteiger partial charge in [-0.25, -0.2) is 0 Å². The van der Waals surface area contributed by atoms with Gasteiger partial charge in [0.15, 0.2) is 11.5 Å². The second kappa shape index (κ2) is 7.36. The lowest BCUT2D eigenvalue weighted by Gasteiger charge is -2.28. The quantitative estimate of drug-likeness (QED) is 0.786. The first-order chi connectivity index (χ1) is 13.4. The Balaban J connectivity index is 1.47. The molecule has 2 unspecified atom stereocenters. The Bertz CT molecular complexity index is 915. The van der Waals surface area contributed by atoms with Crippen molar-refractivity contribution < 1.29 is 19.1 Å². The standard InChI is InChI=1S/C21H21ClN2O4/c1-13(14-3-5-16(22)6-4-14)23(2)21(26)15-9-20(25)24(11-15)17-7-8-18-19(10-17)28-12-27-18/h3-8,10,13,15H,9,11-12H2,1-2H3. The number of carbonyl (C=O) groups excluding carboxylic acids is 2. The predicted octanol–water partition coefficient (Wildman–Crippen LogP) is 3.64. The molecule has 0 bridgehead atoms. The number of carbonyl (C=O) groups is 2. The molecule has 2 aliphatic heterocycles. The second-order valence-corrected chi connectivity index (χ2v) is 7.56. The second-order valence-electron chi connectivity index (χ2n) is 7.12. The van der Waals surface area contributed by atoms with Crippen molar-refractivity contribution in [3.63, 3.8) is 0 Å². The van der Waals surface area contributed by atoms with Crippen molar-refractivity contribution in [2.75, 3.05) is 25.3 Å². The van der Waals surface area contributed by atoms with Gasteiger partial charge in [-0.3, -0.25) is 9.59 Å². The summed E-state index contributed by atoms with van der Waals surface area (Å²) in [5.74, 6) is 0.801. The highest BCUT2D eigenvalue weighted by molar-refractivity contribution is 6.30. The molecule has 2 atom stereocenters. The summed E-state index contributed by atoms with van der Waals surface area (Å²) in [6.45, 7) is 2.50. The molecule has 1 fully saturated rings. The van der Waals surface area contributed by atoms with Crippen molar-refractivity contribution in [2.45, 2.75) is 19.4 Å². The van der Waals surface area contributed by atoms with E-state index in [9.17, 15) is 9.59 Å². The zero-order valence-electron chi connectivity index (χ0n) is 15.7. The Morgan fingerprint density at radius 2 is 1.89 bits per heavy atom. The average Bonchev–Trinajstić information content (AvgIpc) is 3.32. The zero-order valence-corrected chi connectivity index (χ0v) is 16.5. The van der Waals surface area contributed by atoms with Gasteiger partial charge in [-0.15, -0.1) is 0 Å². The van der Waals surface area contributed by atoms with Gasteiger partial charge in [-0.2, -0.15) is 0 Å². The van der Waals surface area contributed by atoms with Gasteiger partial charge in [0, 0.05) is 36.8 Å². The molecule has 0 saturated carbocycles. The Hall–Kier alpha value is -2.73. The SMILES string of the molecule is CC(c1ccc(Cl)cc1)N(C)C(=O)C1CC(=O)N(c2ccc3c(c2)OCO3)C1. The van der Waals surface area contributed by atoms with Crippen LogP contribution in [0.25, 0.3) is 0 Å². The summed E-state index contributed by atoms with van der Waals surface area (Å²) in [5, 5.41) is 0.658. The average molecular weight is 401 g/mol. The number of benzene rings is 2. The predicted molar refractivity (Wildman–Crippen MR) is 106 cm³/mol. The van der Waals surface area contributed by atoms with Crippen molar-refractivity contribution >= 4 is 29.1 Å². The minimum Gasteiger partial charge on any atom is -0.454 e. The molecule has 2 heterocycles. The first-order valence-electron chi connectivity index (χ1n) is 9.16. The van der Waals surface area contributed by atoms with Crippen LogP contribution in [0.2, 0.25) is 5.02 Å². The van der Waals surface area contributed by atoms with E-state index >= 15 is 0 Å². The highest BCUT2D eigenvalue weighted by Crippen LogP contribution is 2.37. The summed E-state index contributed by atoms with van der Waals surface area (Å²) in [6.07, 6.45) is 0.199. The first-order valence-corrected chi connectivity index (χ1v) is 9.54. The van der Waals surface area contributed by atoms with Gasteiger partial charge in [0.2, 0.25) is 18.6 Å². The maximum Gasteiger partial charge on any atom is 0.231 e. The lowest BCUT2D eigenvalue weighted by Crippen LogP contribution is -2.36. The maximum absolute atomic E-state index is 13.0. The van der Waals surface area contributed by atoms with Crippen molar-refractivity contribution in [3.05, 3.63) is 53.1 Å². The molecule has 2 aromatic carbocycles. The van der Waals surface area contributed by atoms with E-state index < -0.39 is 0 Å². The third-order valence-corrected chi connectivity index (χ3v) is 5.68. The van der Waals surface area contributed by atoms with E-state index in [4.69, 9.17) is 21.1 Å². The number of rotatable bonds is 4. The topological polar surface area (TPSA) is 59.1 Å². The minimum atomic E-state index is -0.377. The van der Waals surface area contributed by atoms with Crippen LogP contribution in [0, 0.1) is 5.92 Å². The third-order valence-electron chi connectivity index (χ3n) is 5.42. The van der Waals surface area contributed by atoms with Crippen LogP contribution >= 0.6 is 11.6 Å². The van der Waals surface area contributed by atoms with Gasteiger partial charge in [0.1, 0.15) is 0 Å². The fourth-order valence-corrected chi connectivity index (χ4v) is 3.75. The summed E-state index contributed by atoms with van der Waals surface area (Å²) < 4.78 is 10.7. The van der Waals surface area contributed by atoms with Crippen molar-refractivity contribution in [1.29, 1.82) is 0 Å². The molecule has 6 nitrogen and oxygen atoms in total. The molecular weight excluding hydrogens is 380 g/mol. The number of amides is 2. The molecule has 0 N–H and O–H groups in total. The highest BCUT2D eigenvalue weighted by atomic mass is 35.5. The van der Waals surface area contributed by atoms with E-state index in [1.807, 2.05) is 37.3 Å². The Morgan fingerprint density at radius 1 is 1.18 bits per heavy atom. The van der Waals surface area contributed by atoms with Crippen LogP contribution in [0.5, 0.6) is 11.5 Å². The number of halogens is 1. The molecule has 0 radical (unpaired) electrons. The Labute approximate surface area is 168 Å². The molecule has 4 rings (SSSR count). The fourth-order valence-electron chi connectivity index (χ4n) is 3.62. The van der Waals surface area contributed by atoms with Crippen molar-refractivity contribution in [1.82, 2.24) is 4.90 Å². The molecule has 2 amide bonds. The normalized spacial score (nSPS) is 19.0. The molecule has 2 aliphatic rings. The van der Waals surface area contributed by atoms with E-state index in [0.717, 1.165) is 11.3 Å². The smallest absolute Gasteiger partial charge is 0.231 e. The molecule has 0 spiro atoms. The third kappa shape index (κ3) is 3.40. The minimum absolute atomic E-state index is 0.0426. The monoisotopic (exact) mass is 400 g/mol. The number of anilines is 1. The number of ether oxygens (including phenoxy) is 2. The van der Waals surface area contributed by atoms with E-state index in [1.165, 1.54) is 0 Å². The van der Waals surface area contributed by atoms with Crippen LogP contribution in [0.4, 0.5) is 5.69 Å². The van der Waals surface area contributed by atoms with E-state index in [-0.39, 0.29) is 37.0 Å². The van der Waals surface area contributed by atoms with Gasteiger partial charge in [0.25, 0.3) is 0 Å². The molecule has 1 saturated heterocycles. The van der Waals surface area contributed by atoms with Gasteiger partial charge >= 0.3 is 0 Å². The lowest BCUT2D eigenvalue weighted by molar-refractivity contribution is -0.136. The van der Waals surface area contributed by atoms with Crippen LogP contribution < -0.4 is 14.4 Å². The Morgan fingerprint density at radius 3 is 2.64 bits per heavy atom. The number of fused-ring (bicyclic) bond motifs is 1. The van der Waals surface area contributed by atoms with Crippen LogP contribution in [0.1, 0.15) is 24.9 Å². The number of hydrogen-bond donors (Lipinski definition) is 0. The summed E-state index contributed by atoms with van der Waals surface area (Å²) in [5.41, 5.74) is 1.72. The highest BCUT2D eigenvalue weighted by Gasteiger charge is 2.38. The fraction of sp³-hybridized carbons (Fsp3) is 0.333. The number of nitrogens with zero attached hydrogens (tertiary/aromatic N) is 2. The largest absolute Gasteiger partial charge is 0.454 e. The maximum atomic E-state index is 13.0. The summed E-state index contributed by atoms with van der Waals surface area (Å²) in [4.78, 5) is 28.9. The molecule has 0 aromatic heterocycles. The van der Waals surface area contributed by atoms with Crippen LogP contribution in [-0.4, -0.2) is 37.1 Å². The van der Waals surface area contributed by atoms with E-state index in [0.29, 0.717) is 23.1 Å². The van der Waals surface area contributed by atoms with Gasteiger partial charge in [-0.1, -0.05) is 23.7 Å². The van der Waals surface area contributed by atoms with Gasteiger partial charge in [-0.05, 0) is 36.8 Å². The summed E-state index contributed by atoms with van der Waals surface area (Å²) in [6, 6.07) is 12.7. The van der Waals surface area contributed by atoms with E-state index in [1.54, 1.807) is 29.0 Å². The van der Waals surface area contributed by atoms with Crippen molar-refractivity contribution in [2.24, 2.45) is 5.92 Å². The lowest BCUT2D eigenvalue weighted by atomic mass is 10.0. The Kier molecular flexibility index (Phi) is 4.89. The summed E-state index contributed by atoms with van der Waals surface area (Å²) >= 11 is 5.95. The van der Waals surface area contributed by atoms with Crippen LogP contribution in [-0.2, 0) is 9.59 Å². The van der Waals surface area contributed by atoms with Crippen LogP contribution in [0.15, 0.2) is 42.5 Å².